The fourth-order valence-electron chi connectivity index (χ4n) is 2.58. The van der Waals surface area contributed by atoms with Crippen molar-refractivity contribution < 1.29 is 13.8 Å². The summed E-state index contributed by atoms with van der Waals surface area (Å²) >= 11 is 6.29. The molecule has 2 aromatic carbocycles. The van der Waals surface area contributed by atoms with Gasteiger partial charge in [-0.2, -0.15) is 0 Å². The van der Waals surface area contributed by atoms with Gasteiger partial charge in [0.05, 0.1) is 10.5 Å². The predicted molar refractivity (Wildman–Crippen MR) is 98.5 cm³/mol. The molecule has 6 nitrogen and oxygen atoms in total. The number of hydrogen-bond donors (Lipinski definition) is 0. The second-order valence-electron chi connectivity index (χ2n) is 5.46. The van der Waals surface area contributed by atoms with Crippen LogP contribution in [0.25, 0.3) is 33.5 Å². The molecule has 0 saturated heterocycles. The number of nitro benzene ring substituents is 1. The zero-order valence-electron chi connectivity index (χ0n) is 13.3. The average Bonchev–Trinajstić information content (AvgIpc) is 3.28. The van der Waals surface area contributed by atoms with Crippen LogP contribution in [0.4, 0.5) is 5.69 Å². The summed E-state index contributed by atoms with van der Waals surface area (Å²) in [7, 11) is 0. The van der Waals surface area contributed by atoms with Gasteiger partial charge in [-0.05, 0) is 30.3 Å². The van der Waals surface area contributed by atoms with Crippen molar-refractivity contribution >= 4 is 39.5 Å². The monoisotopic (exact) mass is 366 g/mol. The largest absolute Gasteiger partial charge is 0.456 e. The van der Waals surface area contributed by atoms with Gasteiger partial charge in [0.2, 0.25) is 5.89 Å². The third-order valence-electron chi connectivity index (χ3n) is 3.76. The first-order chi connectivity index (χ1) is 12.6. The molecule has 0 aliphatic carbocycles. The van der Waals surface area contributed by atoms with Crippen LogP contribution in [0.15, 0.2) is 69.5 Å². The minimum absolute atomic E-state index is 0.0255. The van der Waals surface area contributed by atoms with Gasteiger partial charge in [-0.25, -0.2) is 4.98 Å². The molecule has 4 rings (SSSR count). The van der Waals surface area contributed by atoms with E-state index in [0.717, 1.165) is 0 Å². The van der Waals surface area contributed by atoms with E-state index in [2.05, 4.69) is 4.98 Å². The number of benzene rings is 2. The van der Waals surface area contributed by atoms with Crippen molar-refractivity contribution in [2.75, 3.05) is 0 Å². The average molecular weight is 367 g/mol. The van der Waals surface area contributed by atoms with E-state index < -0.39 is 4.92 Å². The van der Waals surface area contributed by atoms with Crippen LogP contribution in [0, 0.1) is 10.1 Å². The molecule has 0 aliphatic heterocycles. The van der Waals surface area contributed by atoms with Gasteiger partial charge in [-0.15, -0.1) is 0 Å². The van der Waals surface area contributed by atoms with E-state index in [1.165, 1.54) is 6.07 Å². The Bertz CT molecular complexity index is 1110. The molecule has 0 aliphatic rings. The molecule has 0 radical (unpaired) electrons. The Hall–Kier alpha value is -3.38. The highest BCUT2D eigenvalue weighted by Crippen LogP contribution is 2.32. The van der Waals surface area contributed by atoms with Crippen molar-refractivity contribution in [1.82, 2.24) is 4.98 Å². The number of oxazole rings is 1. The number of nitro groups is 1. The maximum atomic E-state index is 11.2. The highest BCUT2D eigenvalue weighted by Gasteiger charge is 2.17. The molecule has 2 heterocycles. The normalized spacial score (nSPS) is 11.8. The molecule has 0 unspecified atom stereocenters. The van der Waals surface area contributed by atoms with Crippen molar-refractivity contribution in [3.8, 4) is 11.3 Å². The number of fused-ring (bicyclic) bond motifs is 1. The lowest BCUT2D eigenvalue weighted by atomic mass is 10.1. The minimum Gasteiger partial charge on any atom is -0.456 e. The van der Waals surface area contributed by atoms with Gasteiger partial charge in [-0.1, -0.05) is 35.9 Å². The molecular weight excluding hydrogens is 356 g/mol. The standard InChI is InChI=1S/C19H11ClN2O4/c20-14(19-21-15-6-2-4-8-18(15)26-19)11-12-9-10-17(25-12)13-5-1-3-7-16(13)22(23)24/h1-11H. The van der Waals surface area contributed by atoms with Gasteiger partial charge in [0.25, 0.3) is 5.69 Å². The van der Waals surface area contributed by atoms with E-state index in [0.29, 0.717) is 28.2 Å². The molecule has 128 valence electrons. The van der Waals surface area contributed by atoms with Gasteiger partial charge in [0.15, 0.2) is 5.58 Å². The Labute approximate surface area is 152 Å². The number of hydrogen-bond acceptors (Lipinski definition) is 5. The van der Waals surface area contributed by atoms with Crippen LogP contribution in [-0.4, -0.2) is 9.91 Å². The summed E-state index contributed by atoms with van der Waals surface area (Å²) in [6, 6.07) is 17.0. The minimum atomic E-state index is -0.446. The van der Waals surface area contributed by atoms with E-state index in [1.807, 2.05) is 18.2 Å². The molecule has 0 fully saturated rings. The Morgan fingerprint density at radius 2 is 1.81 bits per heavy atom. The van der Waals surface area contributed by atoms with Crippen LogP contribution in [-0.2, 0) is 0 Å². The first-order valence-electron chi connectivity index (χ1n) is 7.68. The first-order valence-corrected chi connectivity index (χ1v) is 8.06. The van der Waals surface area contributed by atoms with E-state index in [4.69, 9.17) is 20.4 Å². The fraction of sp³-hybridized carbons (Fsp3) is 0. The zero-order chi connectivity index (χ0) is 18.1. The van der Waals surface area contributed by atoms with Crippen LogP contribution < -0.4 is 0 Å². The Balaban J connectivity index is 1.68. The SMILES string of the molecule is O=[N+]([O-])c1ccccc1-c1ccc(C=C(Cl)c2nc3ccccc3o2)o1. The number of furan rings is 1. The summed E-state index contributed by atoms with van der Waals surface area (Å²) < 4.78 is 11.3. The summed E-state index contributed by atoms with van der Waals surface area (Å²) in [5.41, 5.74) is 1.71. The molecule has 0 amide bonds. The second kappa shape index (κ2) is 6.50. The van der Waals surface area contributed by atoms with Crippen LogP contribution in [0.1, 0.15) is 11.7 Å². The molecule has 7 heteroatoms. The molecule has 26 heavy (non-hydrogen) atoms. The Morgan fingerprint density at radius 3 is 2.62 bits per heavy atom. The third-order valence-corrected chi connectivity index (χ3v) is 4.03. The van der Waals surface area contributed by atoms with E-state index in [9.17, 15) is 10.1 Å². The fourth-order valence-corrected chi connectivity index (χ4v) is 2.77. The molecule has 4 aromatic rings. The lowest BCUT2D eigenvalue weighted by Gasteiger charge is -1.98. The summed E-state index contributed by atoms with van der Waals surface area (Å²) in [6.07, 6.45) is 1.56. The number of nitrogens with zero attached hydrogens (tertiary/aromatic N) is 2. The lowest BCUT2D eigenvalue weighted by molar-refractivity contribution is -0.384. The summed E-state index contributed by atoms with van der Waals surface area (Å²) in [5, 5.41) is 11.4. The van der Waals surface area contributed by atoms with Gasteiger partial charge in [0.1, 0.15) is 22.1 Å². The molecule has 0 saturated carbocycles. The maximum absolute atomic E-state index is 11.2. The van der Waals surface area contributed by atoms with E-state index >= 15 is 0 Å². The zero-order valence-corrected chi connectivity index (χ0v) is 14.0. The Kier molecular flexibility index (Phi) is 4.02. The summed E-state index contributed by atoms with van der Waals surface area (Å²) in [5.74, 6) is 1.09. The third kappa shape index (κ3) is 2.98. The molecular formula is C19H11ClN2O4. The molecule has 0 bridgehead atoms. The predicted octanol–water partition coefficient (Wildman–Crippen LogP) is 5.73. The number of halogens is 1. The topological polar surface area (TPSA) is 82.3 Å². The number of rotatable bonds is 4. The number of para-hydroxylation sites is 3. The summed E-state index contributed by atoms with van der Waals surface area (Å²) in [4.78, 5) is 15.0. The van der Waals surface area contributed by atoms with Crippen molar-refractivity contribution in [1.29, 1.82) is 0 Å². The second-order valence-corrected chi connectivity index (χ2v) is 5.86. The molecule has 0 N–H and O–H groups in total. The van der Waals surface area contributed by atoms with Crippen molar-refractivity contribution in [2.45, 2.75) is 0 Å². The van der Waals surface area contributed by atoms with E-state index in [-0.39, 0.29) is 16.6 Å². The first kappa shape index (κ1) is 16.1. The van der Waals surface area contributed by atoms with Crippen LogP contribution in [0.2, 0.25) is 0 Å². The van der Waals surface area contributed by atoms with Crippen LogP contribution in [0.5, 0.6) is 0 Å². The maximum Gasteiger partial charge on any atom is 0.280 e. The van der Waals surface area contributed by atoms with Gasteiger partial charge < -0.3 is 8.83 Å². The Morgan fingerprint density at radius 1 is 1.04 bits per heavy atom. The molecule has 0 spiro atoms. The van der Waals surface area contributed by atoms with Gasteiger partial charge in [0, 0.05) is 12.1 Å². The van der Waals surface area contributed by atoms with Gasteiger partial charge >= 0.3 is 0 Å². The smallest absolute Gasteiger partial charge is 0.280 e. The van der Waals surface area contributed by atoms with Gasteiger partial charge in [-0.3, -0.25) is 10.1 Å². The van der Waals surface area contributed by atoms with E-state index in [1.54, 1.807) is 42.5 Å². The quantitative estimate of drug-likeness (QED) is 0.340. The van der Waals surface area contributed by atoms with Crippen molar-refractivity contribution in [3.63, 3.8) is 0 Å². The highest BCUT2D eigenvalue weighted by atomic mass is 35.5. The molecule has 2 aromatic heterocycles. The van der Waals surface area contributed by atoms with Crippen molar-refractivity contribution in [3.05, 3.63) is 82.4 Å². The summed E-state index contributed by atoms with van der Waals surface area (Å²) in [6.45, 7) is 0. The number of aromatic nitrogens is 1. The van der Waals surface area contributed by atoms with Crippen LogP contribution >= 0.6 is 11.6 Å². The lowest BCUT2D eigenvalue weighted by Crippen LogP contribution is -1.90. The molecule has 0 atom stereocenters. The van der Waals surface area contributed by atoms with Crippen molar-refractivity contribution in [2.24, 2.45) is 0 Å². The van der Waals surface area contributed by atoms with Crippen LogP contribution in [0.3, 0.4) is 0 Å². The highest BCUT2D eigenvalue weighted by molar-refractivity contribution is 6.50.